The molecule has 0 fully saturated rings. The molecule has 0 bridgehead atoms. The Hall–Kier alpha value is -8.76. The van der Waals surface area contributed by atoms with E-state index in [1.165, 1.54) is 97.6 Å². The molecule has 0 aliphatic heterocycles. The summed E-state index contributed by atoms with van der Waals surface area (Å²) < 4.78 is 5.05. The van der Waals surface area contributed by atoms with Crippen LogP contribution in [0.2, 0.25) is 0 Å². The smallest absolute Gasteiger partial charge is 0.0713 e. The van der Waals surface area contributed by atoms with Crippen molar-refractivity contribution in [2.45, 2.75) is 5.41 Å². The van der Waals surface area contributed by atoms with Crippen molar-refractivity contribution in [1.29, 1.82) is 0 Å². The SMILES string of the molecule is c1ccc(C2(c3ccccc3)c3ccccc3-c3cc(N(c4ccc(-c5ccc(-c6cccc7c6sc6ccccc67)cc5)cc4)c4ccc(-n5c6ccccc6c6ccccc65)cc4)ccc32)cc1. The first kappa shape index (κ1) is 40.3. The van der Waals surface area contributed by atoms with Crippen LogP contribution in [0.1, 0.15) is 22.3 Å². The van der Waals surface area contributed by atoms with Crippen molar-refractivity contribution in [1.82, 2.24) is 4.57 Å². The van der Waals surface area contributed by atoms with Crippen LogP contribution in [0, 0.1) is 0 Å². The number of hydrogen-bond donors (Lipinski definition) is 0. The minimum atomic E-state index is -0.469. The molecule has 1 aliphatic rings. The Bertz CT molecular complexity index is 4000. The maximum absolute atomic E-state index is 2.42. The maximum Gasteiger partial charge on any atom is 0.0713 e. The summed E-state index contributed by atoms with van der Waals surface area (Å²) in [6.45, 7) is 0. The van der Waals surface area contributed by atoms with Crippen molar-refractivity contribution in [3.63, 3.8) is 0 Å². The van der Waals surface area contributed by atoms with Gasteiger partial charge in [-0.2, -0.15) is 0 Å². The number of hydrogen-bond acceptors (Lipinski definition) is 2. The van der Waals surface area contributed by atoms with Gasteiger partial charge in [0.05, 0.1) is 16.4 Å². The summed E-state index contributed by atoms with van der Waals surface area (Å²) in [4.78, 5) is 2.42. The Balaban J connectivity index is 0.892. The number of fused-ring (bicyclic) bond motifs is 9. The van der Waals surface area contributed by atoms with E-state index in [9.17, 15) is 0 Å². The third-order valence-electron chi connectivity index (χ3n) is 14.7. The topological polar surface area (TPSA) is 8.17 Å². The Morgan fingerprint density at radius 3 is 1.49 bits per heavy atom. The lowest BCUT2D eigenvalue weighted by Crippen LogP contribution is -2.28. The zero-order chi connectivity index (χ0) is 46.2. The Morgan fingerprint density at radius 1 is 0.329 bits per heavy atom. The lowest BCUT2D eigenvalue weighted by Gasteiger charge is -2.34. The molecular weight excluding hydrogens is 865 g/mol. The molecule has 2 nitrogen and oxygen atoms in total. The first-order chi connectivity index (χ1) is 34.7. The molecule has 0 unspecified atom stereocenters. The van der Waals surface area contributed by atoms with Gasteiger partial charge in [0, 0.05) is 53.7 Å². The minimum Gasteiger partial charge on any atom is -0.310 e. The van der Waals surface area contributed by atoms with Crippen LogP contribution in [0.15, 0.2) is 267 Å². The molecule has 13 aromatic rings. The number of rotatable bonds is 8. The highest BCUT2D eigenvalue weighted by Gasteiger charge is 2.46. The largest absolute Gasteiger partial charge is 0.310 e. The molecule has 2 aromatic heterocycles. The van der Waals surface area contributed by atoms with Gasteiger partial charge in [-0.3, -0.25) is 0 Å². The summed E-state index contributed by atoms with van der Waals surface area (Å²) in [6.07, 6.45) is 0. The second-order valence-electron chi connectivity index (χ2n) is 18.4. The molecule has 2 heterocycles. The molecule has 14 rings (SSSR count). The van der Waals surface area contributed by atoms with Crippen LogP contribution in [0.3, 0.4) is 0 Å². The normalized spacial score (nSPS) is 12.7. The fraction of sp³-hybridized carbons (Fsp3) is 0.0149. The van der Waals surface area contributed by atoms with Gasteiger partial charge in [0.15, 0.2) is 0 Å². The predicted octanol–water partition coefficient (Wildman–Crippen LogP) is 18.3. The fourth-order valence-electron chi connectivity index (χ4n) is 11.6. The first-order valence-electron chi connectivity index (χ1n) is 24.1. The fourth-order valence-corrected chi connectivity index (χ4v) is 12.8. The summed E-state index contributed by atoms with van der Waals surface area (Å²) >= 11 is 1.88. The third kappa shape index (κ3) is 6.19. The minimum absolute atomic E-state index is 0.469. The van der Waals surface area contributed by atoms with Gasteiger partial charge >= 0.3 is 0 Å². The van der Waals surface area contributed by atoms with E-state index in [0.717, 1.165) is 22.7 Å². The molecule has 1 aliphatic carbocycles. The van der Waals surface area contributed by atoms with Crippen molar-refractivity contribution in [2.75, 3.05) is 4.90 Å². The standard InChI is InChI=1S/C67H44N2S/c1-3-16-48(17-4-1)67(49-18-5-2-6-19-49)61-26-11-7-20-55(61)60-44-53(42-43-62(60)67)68(51-38-40-52(41-39-51)69-63-27-12-8-21-56(63)57-22-9-13-28-64(57)69)50-36-34-46(35-37-50)45-30-32-47(33-31-45)54-24-15-25-59-58-23-10-14-29-65(58)70-66(54)59/h1-44H. The molecule has 11 aromatic carbocycles. The zero-order valence-corrected chi connectivity index (χ0v) is 39.0. The highest BCUT2D eigenvalue weighted by Crippen LogP contribution is 2.57. The van der Waals surface area contributed by atoms with E-state index in [4.69, 9.17) is 0 Å². The van der Waals surface area contributed by atoms with Crippen LogP contribution in [-0.2, 0) is 5.41 Å². The van der Waals surface area contributed by atoms with Crippen LogP contribution in [-0.4, -0.2) is 4.57 Å². The molecule has 0 saturated carbocycles. The number of nitrogens with zero attached hydrogens (tertiary/aromatic N) is 2. The number of aromatic nitrogens is 1. The van der Waals surface area contributed by atoms with Crippen molar-refractivity contribution < 1.29 is 0 Å². The second-order valence-corrected chi connectivity index (χ2v) is 19.4. The van der Waals surface area contributed by atoms with Gasteiger partial charge in [-0.05, 0) is 122 Å². The summed E-state index contributed by atoms with van der Waals surface area (Å²) in [6, 6.07) is 98.4. The molecular formula is C67H44N2S. The van der Waals surface area contributed by atoms with Crippen LogP contribution < -0.4 is 4.90 Å². The summed E-state index contributed by atoms with van der Waals surface area (Å²) in [5.74, 6) is 0. The number of para-hydroxylation sites is 2. The average molecular weight is 909 g/mol. The summed E-state index contributed by atoms with van der Waals surface area (Å²) in [7, 11) is 0. The lowest BCUT2D eigenvalue weighted by atomic mass is 9.68. The van der Waals surface area contributed by atoms with Crippen LogP contribution in [0.4, 0.5) is 17.1 Å². The summed E-state index contributed by atoms with van der Waals surface area (Å²) in [5.41, 5.74) is 18.8. The molecule has 0 N–H and O–H groups in total. The van der Waals surface area contributed by atoms with E-state index >= 15 is 0 Å². The van der Waals surface area contributed by atoms with Gasteiger partial charge in [0.25, 0.3) is 0 Å². The average Bonchev–Trinajstić information content (AvgIpc) is 4.09. The van der Waals surface area contributed by atoms with Gasteiger partial charge < -0.3 is 9.47 Å². The van der Waals surface area contributed by atoms with E-state index in [1.54, 1.807) is 0 Å². The molecule has 3 heteroatoms. The van der Waals surface area contributed by atoms with Crippen molar-refractivity contribution in [3.8, 4) is 39.1 Å². The van der Waals surface area contributed by atoms with Crippen molar-refractivity contribution in [3.05, 3.63) is 289 Å². The summed E-state index contributed by atoms with van der Waals surface area (Å²) in [5, 5.41) is 5.16. The van der Waals surface area contributed by atoms with E-state index in [2.05, 4.69) is 276 Å². The van der Waals surface area contributed by atoms with E-state index in [-0.39, 0.29) is 0 Å². The molecule has 0 amide bonds. The lowest BCUT2D eigenvalue weighted by molar-refractivity contribution is 0.768. The zero-order valence-electron chi connectivity index (χ0n) is 38.2. The highest BCUT2D eigenvalue weighted by molar-refractivity contribution is 7.26. The van der Waals surface area contributed by atoms with Gasteiger partial charge in [-0.1, -0.05) is 200 Å². The second kappa shape index (κ2) is 16.2. The molecule has 0 spiro atoms. The predicted molar refractivity (Wildman–Crippen MR) is 297 cm³/mol. The monoisotopic (exact) mass is 908 g/mol. The Kier molecular flexibility index (Phi) is 9.33. The third-order valence-corrected chi connectivity index (χ3v) is 15.9. The highest BCUT2D eigenvalue weighted by atomic mass is 32.1. The van der Waals surface area contributed by atoms with Gasteiger partial charge in [-0.25, -0.2) is 0 Å². The molecule has 328 valence electrons. The van der Waals surface area contributed by atoms with Crippen molar-refractivity contribution in [2.24, 2.45) is 0 Å². The van der Waals surface area contributed by atoms with E-state index < -0.39 is 5.41 Å². The van der Waals surface area contributed by atoms with E-state index in [1.807, 2.05) is 11.3 Å². The van der Waals surface area contributed by atoms with Gasteiger partial charge in [0.2, 0.25) is 0 Å². The molecule has 0 radical (unpaired) electrons. The Morgan fingerprint density at radius 2 is 0.814 bits per heavy atom. The molecule has 0 saturated heterocycles. The van der Waals surface area contributed by atoms with E-state index in [0.29, 0.717) is 0 Å². The maximum atomic E-state index is 2.42. The van der Waals surface area contributed by atoms with Crippen molar-refractivity contribution >= 4 is 70.4 Å². The first-order valence-corrected chi connectivity index (χ1v) is 24.9. The van der Waals surface area contributed by atoms with Crippen LogP contribution >= 0.6 is 11.3 Å². The van der Waals surface area contributed by atoms with Crippen LogP contribution in [0.5, 0.6) is 0 Å². The van der Waals surface area contributed by atoms with Gasteiger partial charge in [0.1, 0.15) is 0 Å². The number of benzene rings is 11. The number of anilines is 3. The molecule has 0 atom stereocenters. The Labute approximate surface area is 411 Å². The number of thiophene rings is 1. The van der Waals surface area contributed by atoms with Crippen LogP contribution in [0.25, 0.3) is 81.0 Å². The quantitative estimate of drug-likeness (QED) is 0.147. The molecule has 70 heavy (non-hydrogen) atoms. The van der Waals surface area contributed by atoms with Gasteiger partial charge in [-0.15, -0.1) is 11.3 Å².